The van der Waals surface area contributed by atoms with E-state index >= 15 is 0 Å². The molecule has 0 fully saturated rings. The summed E-state index contributed by atoms with van der Waals surface area (Å²) in [5.41, 5.74) is 9.17. The summed E-state index contributed by atoms with van der Waals surface area (Å²) < 4.78 is 10.9. The molecule has 2 rings (SSSR count). The molecule has 6 heteroatoms. The van der Waals surface area contributed by atoms with Crippen molar-refractivity contribution in [3.8, 4) is 5.75 Å². The zero-order valence-corrected chi connectivity index (χ0v) is 10.9. The number of benzene rings is 1. The van der Waals surface area contributed by atoms with Crippen molar-refractivity contribution in [2.75, 3.05) is 7.11 Å². The molecular formula is C12H13N3O2S. The van der Waals surface area contributed by atoms with Crippen molar-refractivity contribution in [3.05, 3.63) is 30.0 Å². The maximum atomic E-state index is 5.70. The highest BCUT2D eigenvalue weighted by Gasteiger charge is 2.10. The molecule has 1 heterocycles. The fraction of sp³-hybridized carbons (Fsp3) is 0.167. The van der Waals surface area contributed by atoms with Crippen LogP contribution in [0.15, 0.2) is 33.8 Å². The lowest BCUT2D eigenvalue weighted by Gasteiger charge is -1.99. The zero-order chi connectivity index (χ0) is 13.1. The lowest BCUT2D eigenvalue weighted by atomic mass is 10.2. The third-order valence-electron chi connectivity index (χ3n) is 2.42. The molecule has 0 aliphatic carbocycles. The molecule has 0 bridgehead atoms. The third kappa shape index (κ3) is 2.43. The SMILES string of the molecule is COc1cccc2cc(/C(C)=N/NC(N)=S)oc12. The Hall–Kier alpha value is -2.08. The number of nitrogens with one attached hydrogen (secondary N) is 1. The first-order valence-corrected chi connectivity index (χ1v) is 5.69. The molecule has 2 aromatic rings. The maximum Gasteiger partial charge on any atom is 0.184 e. The molecule has 0 spiro atoms. The summed E-state index contributed by atoms with van der Waals surface area (Å²) in [6.07, 6.45) is 0. The number of nitrogens with zero attached hydrogens (tertiary/aromatic N) is 1. The summed E-state index contributed by atoms with van der Waals surface area (Å²) in [5, 5.41) is 5.08. The van der Waals surface area contributed by atoms with Crippen LogP contribution in [0.5, 0.6) is 5.75 Å². The van der Waals surface area contributed by atoms with E-state index < -0.39 is 0 Å². The first kappa shape index (κ1) is 12.4. The molecule has 1 aromatic carbocycles. The van der Waals surface area contributed by atoms with Gasteiger partial charge in [0, 0.05) is 5.39 Å². The summed E-state index contributed by atoms with van der Waals surface area (Å²) in [6, 6.07) is 7.58. The number of hydrazone groups is 1. The molecular weight excluding hydrogens is 250 g/mol. The van der Waals surface area contributed by atoms with Gasteiger partial charge in [-0.1, -0.05) is 12.1 Å². The van der Waals surface area contributed by atoms with Gasteiger partial charge in [-0.2, -0.15) is 5.10 Å². The standard InChI is InChI=1S/C12H13N3O2S/c1-7(14-15-12(13)18)10-6-8-4-3-5-9(16-2)11(8)17-10/h3-6H,1-2H3,(H3,13,15,18)/b14-7+. The van der Waals surface area contributed by atoms with Gasteiger partial charge < -0.3 is 14.9 Å². The Kier molecular flexibility index (Phi) is 3.47. The number of fused-ring (bicyclic) bond motifs is 1. The van der Waals surface area contributed by atoms with E-state index in [0.717, 1.165) is 5.39 Å². The van der Waals surface area contributed by atoms with E-state index in [2.05, 4.69) is 22.7 Å². The normalized spacial score (nSPS) is 11.6. The lowest BCUT2D eigenvalue weighted by Crippen LogP contribution is -2.25. The van der Waals surface area contributed by atoms with Crippen LogP contribution in [0.4, 0.5) is 0 Å². The minimum Gasteiger partial charge on any atom is -0.493 e. The predicted octanol–water partition coefficient (Wildman–Crippen LogP) is 2.00. The van der Waals surface area contributed by atoms with E-state index in [-0.39, 0.29) is 5.11 Å². The molecule has 0 radical (unpaired) electrons. The molecule has 0 atom stereocenters. The Balaban J connectivity index is 2.41. The number of methoxy groups -OCH3 is 1. The van der Waals surface area contributed by atoms with Crippen LogP contribution in [0, 0.1) is 0 Å². The van der Waals surface area contributed by atoms with Crippen molar-refractivity contribution in [2.45, 2.75) is 6.92 Å². The minimum atomic E-state index is 0.114. The van der Waals surface area contributed by atoms with Crippen molar-refractivity contribution in [3.63, 3.8) is 0 Å². The zero-order valence-electron chi connectivity index (χ0n) is 10.1. The first-order valence-electron chi connectivity index (χ1n) is 5.28. The largest absolute Gasteiger partial charge is 0.493 e. The second kappa shape index (κ2) is 5.05. The highest BCUT2D eigenvalue weighted by molar-refractivity contribution is 7.80. The Labute approximate surface area is 110 Å². The van der Waals surface area contributed by atoms with Gasteiger partial charge in [0.05, 0.1) is 7.11 Å². The maximum absolute atomic E-state index is 5.70. The van der Waals surface area contributed by atoms with E-state index in [1.54, 1.807) is 14.0 Å². The van der Waals surface area contributed by atoms with E-state index in [1.165, 1.54) is 0 Å². The number of hydrogen-bond donors (Lipinski definition) is 2. The summed E-state index contributed by atoms with van der Waals surface area (Å²) >= 11 is 4.68. The number of ether oxygens (including phenoxy) is 1. The van der Waals surface area contributed by atoms with Gasteiger partial charge in [0.2, 0.25) is 0 Å². The highest BCUT2D eigenvalue weighted by atomic mass is 32.1. The Morgan fingerprint density at radius 1 is 1.50 bits per heavy atom. The second-order valence-electron chi connectivity index (χ2n) is 3.66. The fourth-order valence-electron chi connectivity index (χ4n) is 1.57. The summed E-state index contributed by atoms with van der Waals surface area (Å²) in [5.74, 6) is 1.33. The van der Waals surface area contributed by atoms with Crippen LogP contribution in [0.1, 0.15) is 12.7 Å². The van der Waals surface area contributed by atoms with E-state index in [9.17, 15) is 0 Å². The second-order valence-corrected chi connectivity index (χ2v) is 4.10. The molecule has 0 unspecified atom stereocenters. The van der Waals surface area contributed by atoms with E-state index in [0.29, 0.717) is 22.8 Å². The van der Waals surface area contributed by atoms with Crippen LogP contribution in [-0.4, -0.2) is 17.9 Å². The smallest absolute Gasteiger partial charge is 0.184 e. The van der Waals surface area contributed by atoms with Crippen molar-refractivity contribution < 1.29 is 9.15 Å². The van der Waals surface area contributed by atoms with Crippen LogP contribution in [0.3, 0.4) is 0 Å². The molecule has 0 saturated carbocycles. The van der Waals surface area contributed by atoms with Gasteiger partial charge in [0.25, 0.3) is 0 Å². The van der Waals surface area contributed by atoms with Crippen molar-refractivity contribution in [1.82, 2.24) is 5.43 Å². The topological polar surface area (TPSA) is 72.8 Å². The molecule has 18 heavy (non-hydrogen) atoms. The Morgan fingerprint density at radius 2 is 2.28 bits per heavy atom. The molecule has 0 aliphatic rings. The van der Waals surface area contributed by atoms with Crippen LogP contribution < -0.4 is 15.9 Å². The van der Waals surface area contributed by atoms with Gasteiger partial charge in [0.1, 0.15) is 5.71 Å². The monoisotopic (exact) mass is 263 g/mol. The molecule has 5 nitrogen and oxygen atoms in total. The molecule has 0 amide bonds. The number of thiocarbonyl (C=S) groups is 1. The average molecular weight is 263 g/mol. The summed E-state index contributed by atoms with van der Waals surface area (Å²) in [7, 11) is 1.60. The van der Waals surface area contributed by atoms with Crippen molar-refractivity contribution >= 4 is 34.0 Å². The third-order valence-corrected chi connectivity index (χ3v) is 2.51. The number of furan rings is 1. The average Bonchev–Trinajstić information content (AvgIpc) is 2.79. The van der Waals surface area contributed by atoms with Crippen molar-refractivity contribution in [2.24, 2.45) is 10.8 Å². The van der Waals surface area contributed by atoms with Crippen molar-refractivity contribution in [1.29, 1.82) is 0 Å². The first-order chi connectivity index (χ1) is 8.61. The van der Waals surface area contributed by atoms with Gasteiger partial charge >= 0.3 is 0 Å². The Bertz CT molecular complexity index is 619. The van der Waals surface area contributed by atoms with E-state index in [1.807, 2.05) is 24.3 Å². The Morgan fingerprint density at radius 3 is 2.94 bits per heavy atom. The molecule has 1 aromatic heterocycles. The molecule has 94 valence electrons. The number of para-hydroxylation sites is 1. The summed E-state index contributed by atoms with van der Waals surface area (Å²) in [6.45, 7) is 1.80. The van der Waals surface area contributed by atoms with Crippen LogP contribution >= 0.6 is 12.2 Å². The van der Waals surface area contributed by atoms with Crippen LogP contribution in [-0.2, 0) is 0 Å². The number of rotatable bonds is 3. The molecule has 3 N–H and O–H groups in total. The van der Waals surface area contributed by atoms with Crippen LogP contribution in [0.25, 0.3) is 11.0 Å². The highest BCUT2D eigenvalue weighted by Crippen LogP contribution is 2.28. The summed E-state index contributed by atoms with van der Waals surface area (Å²) in [4.78, 5) is 0. The number of nitrogens with two attached hydrogens (primary N) is 1. The lowest BCUT2D eigenvalue weighted by molar-refractivity contribution is 0.410. The van der Waals surface area contributed by atoms with Gasteiger partial charge in [-0.25, -0.2) is 0 Å². The molecule has 0 saturated heterocycles. The van der Waals surface area contributed by atoms with Gasteiger partial charge in [-0.15, -0.1) is 0 Å². The minimum absolute atomic E-state index is 0.114. The quantitative estimate of drug-likeness (QED) is 0.503. The fourth-order valence-corrected chi connectivity index (χ4v) is 1.62. The van der Waals surface area contributed by atoms with Gasteiger partial charge in [0.15, 0.2) is 22.2 Å². The van der Waals surface area contributed by atoms with Crippen LogP contribution in [0.2, 0.25) is 0 Å². The van der Waals surface area contributed by atoms with Gasteiger partial charge in [-0.3, -0.25) is 5.43 Å². The number of hydrogen-bond acceptors (Lipinski definition) is 4. The van der Waals surface area contributed by atoms with Gasteiger partial charge in [-0.05, 0) is 31.3 Å². The molecule has 0 aliphatic heterocycles. The van der Waals surface area contributed by atoms with E-state index in [4.69, 9.17) is 14.9 Å². The predicted molar refractivity (Wildman–Crippen MR) is 74.9 cm³/mol.